The normalized spacial score (nSPS) is 10.2. The van der Waals surface area contributed by atoms with Gasteiger partial charge in [-0.15, -0.1) is 0 Å². The first-order valence-corrected chi connectivity index (χ1v) is 9.52. The van der Waals surface area contributed by atoms with E-state index >= 15 is 0 Å². The molecule has 0 aromatic heterocycles. The number of halogens is 2. The third-order valence-electron chi connectivity index (χ3n) is 3.75. The smallest absolute Gasteiger partial charge is 0.257 e. The van der Waals surface area contributed by atoms with Gasteiger partial charge in [-0.1, -0.05) is 59.6 Å². The highest BCUT2D eigenvalue weighted by atomic mass is 35.5. The maximum Gasteiger partial charge on any atom is 0.257 e. The number of ether oxygens (including phenoxy) is 1. The SMILES string of the molecule is O=C(NC(=S)Nc1cccc(OCc2ccccc2)c1)c1ccc(Cl)c(Cl)c1. The van der Waals surface area contributed by atoms with E-state index in [-0.39, 0.29) is 11.0 Å². The summed E-state index contributed by atoms with van der Waals surface area (Å²) in [4.78, 5) is 12.3. The lowest BCUT2D eigenvalue weighted by molar-refractivity contribution is 0.0977. The molecule has 0 aliphatic carbocycles. The van der Waals surface area contributed by atoms with Gasteiger partial charge in [0.25, 0.3) is 5.91 Å². The highest BCUT2D eigenvalue weighted by Crippen LogP contribution is 2.22. The molecular weight excluding hydrogens is 415 g/mol. The van der Waals surface area contributed by atoms with Gasteiger partial charge >= 0.3 is 0 Å². The van der Waals surface area contributed by atoms with Gasteiger partial charge < -0.3 is 10.1 Å². The van der Waals surface area contributed by atoms with Crippen molar-refractivity contribution in [2.24, 2.45) is 0 Å². The molecule has 3 aromatic rings. The number of amides is 1. The van der Waals surface area contributed by atoms with Gasteiger partial charge in [0.1, 0.15) is 12.4 Å². The monoisotopic (exact) mass is 430 g/mol. The highest BCUT2D eigenvalue weighted by Gasteiger charge is 2.10. The third-order valence-corrected chi connectivity index (χ3v) is 4.69. The first kappa shape index (κ1) is 20.1. The molecule has 0 aliphatic rings. The Morgan fingerprint density at radius 2 is 1.71 bits per heavy atom. The summed E-state index contributed by atoms with van der Waals surface area (Å²) < 4.78 is 5.79. The zero-order chi connectivity index (χ0) is 19.9. The van der Waals surface area contributed by atoms with Crippen LogP contribution in [0.4, 0.5) is 5.69 Å². The van der Waals surface area contributed by atoms with Gasteiger partial charge in [0, 0.05) is 17.3 Å². The predicted octanol–water partition coefficient (Wildman–Crippen LogP) is 5.70. The molecule has 0 unspecified atom stereocenters. The lowest BCUT2D eigenvalue weighted by Crippen LogP contribution is -2.34. The van der Waals surface area contributed by atoms with Crippen molar-refractivity contribution < 1.29 is 9.53 Å². The average molecular weight is 431 g/mol. The van der Waals surface area contributed by atoms with Crippen molar-refractivity contribution >= 4 is 52.1 Å². The molecule has 3 aromatic carbocycles. The Labute approximate surface area is 178 Å². The van der Waals surface area contributed by atoms with E-state index in [1.54, 1.807) is 18.2 Å². The number of nitrogens with one attached hydrogen (secondary N) is 2. The molecule has 0 aliphatic heterocycles. The molecule has 0 spiro atoms. The summed E-state index contributed by atoms with van der Waals surface area (Å²) in [6.45, 7) is 0.461. The minimum atomic E-state index is -0.382. The average Bonchev–Trinajstić information content (AvgIpc) is 2.69. The number of carbonyl (C=O) groups is 1. The van der Waals surface area contributed by atoms with Crippen molar-refractivity contribution in [3.05, 3.63) is 94.0 Å². The van der Waals surface area contributed by atoms with E-state index in [9.17, 15) is 4.79 Å². The van der Waals surface area contributed by atoms with Crippen LogP contribution in [0.5, 0.6) is 5.75 Å². The fourth-order valence-electron chi connectivity index (χ4n) is 2.38. The molecule has 1 amide bonds. The molecule has 4 nitrogen and oxygen atoms in total. The topological polar surface area (TPSA) is 50.4 Å². The summed E-state index contributed by atoms with van der Waals surface area (Å²) >= 11 is 17.0. The van der Waals surface area contributed by atoms with E-state index in [0.717, 1.165) is 5.56 Å². The van der Waals surface area contributed by atoms with Crippen LogP contribution in [-0.4, -0.2) is 11.0 Å². The van der Waals surface area contributed by atoms with Gasteiger partial charge in [0.2, 0.25) is 0 Å². The summed E-state index contributed by atoms with van der Waals surface area (Å²) in [6.07, 6.45) is 0. The van der Waals surface area contributed by atoms with Crippen LogP contribution in [0.15, 0.2) is 72.8 Å². The van der Waals surface area contributed by atoms with E-state index in [0.29, 0.717) is 33.7 Å². The molecule has 0 saturated heterocycles. The summed E-state index contributed by atoms with van der Waals surface area (Å²) in [5, 5.41) is 6.42. The second-order valence-corrected chi connectivity index (χ2v) is 7.06. The molecule has 142 valence electrons. The molecule has 0 bridgehead atoms. The van der Waals surface area contributed by atoms with Crippen LogP contribution >= 0.6 is 35.4 Å². The van der Waals surface area contributed by atoms with E-state index in [1.165, 1.54) is 6.07 Å². The van der Waals surface area contributed by atoms with Crippen LogP contribution in [0.25, 0.3) is 0 Å². The Balaban J connectivity index is 1.57. The van der Waals surface area contributed by atoms with Gasteiger partial charge in [-0.2, -0.15) is 0 Å². The van der Waals surface area contributed by atoms with Gasteiger partial charge in [-0.05, 0) is 48.1 Å². The van der Waals surface area contributed by atoms with Crippen LogP contribution in [0.2, 0.25) is 10.0 Å². The number of hydrogen-bond donors (Lipinski definition) is 2. The summed E-state index contributed by atoms with van der Waals surface area (Å²) in [5.74, 6) is 0.306. The largest absolute Gasteiger partial charge is 0.489 e. The number of thiocarbonyl (C=S) groups is 1. The van der Waals surface area contributed by atoms with Crippen LogP contribution in [0, 0.1) is 0 Å². The van der Waals surface area contributed by atoms with Gasteiger partial charge in [0.05, 0.1) is 10.0 Å². The minimum absolute atomic E-state index is 0.163. The Morgan fingerprint density at radius 3 is 2.46 bits per heavy atom. The maximum absolute atomic E-state index is 12.3. The predicted molar refractivity (Wildman–Crippen MR) is 117 cm³/mol. The molecule has 0 saturated carbocycles. The first-order chi connectivity index (χ1) is 13.5. The molecule has 0 radical (unpaired) electrons. The Kier molecular flexibility index (Phi) is 6.87. The Morgan fingerprint density at radius 1 is 0.929 bits per heavy atom. The molecule has 28 heavy (non-hydrogen) atoms. The fraction of sp³-hybridized carbons (Fsp3) is 0.0476. The molecule has 0 fully saturated rings. The summed E-state index contributed by atoms with van der Waals surface area (Å²) in [5.41, 5.74) is 2.13. The number of benzene rings is 3. The Bertz CT molecular complexity index is 997. The van der Waals surface area contributed by atoms with Crippen molar-refractivity contribution in [3.8, 4) is 5.75 Å². The van der Waals surface area contributed by atoms with E-state index < -0.39 is 0 Å². The maximum atomic E-state index is 12.3. The van der Waals surface area contributed by atoms with Crippen LogP contribution in [0.1, 0.15) is 15.9 Å². The molecule has 0 heterocycles. The number of carbonyl (C=O) groups excluding carboxylic acids is 1. The molecule has 0 atom stereocenters. The lowest BCUT2D eigenvalue weighted by Gasteiger charge is -2.12. The number of hydrogen-bond acceptors (Lipinski definition) is 3. The molecule has 7 heteroatoms. The van der Waals surface area contributed by atoms with E-state index in [1.807, 2.05) is 48.5 Å². The summed E-state index contributed by atoms with van der Waals surface area (Å²) in [7, 11) is 0. The fourth-order valence-corrected chi connectivity index (χ4v) is 2.89. The standard InChI is InChI=1S/C21H16Cl2N2O2S/c22-18-10-9-15(11-19(18)23)20(26)25-21(28)24-16-7-4-8-17(12-16)27-13-14-5-2-1-3-6-14/h1-12H,13H2,(H2,24,25,26,28). The van der Waals surface area contributed by atoms with Crippen LogP contribution in [-0.2, 0) is 6.61 Å². The number of anilines is 1. The van der Waals surface area contributed by atoms with Crippen molar-refractivity contribution in [2.75, 3.05) is 5.32 Å². The third kappa shape index (κ3) is 5.70. The van der Waals surface area contributed by atoms with Gasteiger partial charge in [0.15, 0.2) is 5.11 Å². The Hall–Kier alpha value is -2.60. The van der Waals surface area contributed by atoms with Crippen LogP contribution in [0.3, 0.4) is 0 Å². The molecular formula is C21H16Cl2N2O2S. The summed E-state index contributed by atoms with van der Waals surface area (Å²) in [6, 6.07) is 21.8. The second-order valence-electron chi connectivity index (χ2n) is 5.84. The number of rotatable bonds is 5. The van der Waals surface area contributed by atoms with E-state index in [2.05, 4.69) is 10.6 Å². The lowest BCUT2D eigenvalue weighted by atomic mass is 10.2. The molecule has 2 N–H and O–H groups in total. The quantitative estimate of drug-likeness (QED) is 0.509. The van der Waals surface area contributed by atoms with Gasteiger partial charge in [-0.25, -0.2) is 0 Å². The zero-order valence-electron chi connectivity index (χ0n) is 14.6. The second kappa shape index (κ2) is 9.55. The van der Waals surface area contributed by atoms with Crippen LogP contribution < -0.4 is 15.4 Å². The van der Waals surface area contributed by atoms with E-state index in [4.69, 9.17) is 40.2 Å². The van der Waals surface area contributed by atoms with Gasteiger partial charge in [-0.3, -0.25) is 10.1 Å². The van der Waals surface area contributed by atoms with Crippen molar-refractivity contribution in [1.82, 2.24) is 5.32 Å². The van der Waals surface area contributed by atoms with Crippen molar-refractivity contribution in [2.45, 2.75) is 6.61 Å². The van der Waals surface area contributed by atoms with Crippen molar-refractivity contribution in [1.29, 1.82) is 0 Å². The molecule has 3 rings (SSSR count). The van der Waals surface area contributed by atoms with Crippen molar-refractivity contribution in [3.63, 3.8) is 0 Å². The highest BCUT2D eigenvalue weighted by molar-refractivity contribution is 7.80. The first-order valence-electron chi connectivity index (χ1n) is 8.35. The minimum Gasteiger partial charge on any atom is -0.489 e. The zero-order valence-corrected chi connectivity index (χ0v) is 16.9.